The highest BCUT2D eigenvalue weighted by Gasteiger charge is 2.32. The maximum atomic E-state index is 3.33. The number of hydrazone groups is 1. The van der Waals surface area contributed by atoms with Crippen LogP contribution in [0.1, 0.15) is 0 Å². The highest BCUT2D eigenvalue weighted by atomic mass is 79.9. The first-order valence-corrected chi connectivity index (χ1v) is 7.57. The Bertz CT molecular complexity index is 807. The van der Waals surface area contributed by atoms with Gasteiger partial charge in [0.2, 0.25) is 0 Å². The van der Waals surface area contributed by atoms with E-state index in [0.717, 1.165) is 17.1 Å². The zero-order valence-corrected chi connectivity index (χ0v) is 14.5. The Labute approximate surface area is 152 Å². The Morgan fingerprint density at radius 1 is 0.625 bits per heavy atom. The zero-order valence-electron chi connectivity index (χ0n) is 13.0. The number of para-hydroxylation sites is 3. The van der Waals surface area contributed by atoms with Crippen LogP contribution in [0.15, 0.2) is 91.0 Å². The molecule has 0 atom stereocenters. The van der Waals surface area contributed by atoms with E-state index < -0.39 is 0 Å². The van der Waals surface area contributed by atoms with Gasteiger partial charge in [-0.15, -0.1) is 4.68 Å². The largest absolute Gasteiger partial charge is 1.00 e. The molecule has 24 heavy (non-hydrogen) atoms. The van der Waals surface area contributed by atoms with Crippen molar-refractivity contribution in [1.82, 2.24) is 5.43 Å². The van der Waals surface area contributed by atoms with E-state index >= 15 is 0 Å². The fourth-order valence-electron chi connectivity index (χ4n) is 2.63. The van der Waals surface area contributed by atoms with Crippen molar-refractivity contribution in [2.75, 3.05) is 10.2 Å². The lowest BCUT2D eigenvalue weighted by molar-refractivity contribution is -0.444. The molecular weight excluding hydrogens is 364 g/mol. The number of halogens is 1. The van der Waals surface area contributed by atoms with Gasteiger partial charge in [0, 0.05) is 0 Å². The van der Waals surface area contributed by atoms with Gasteiger partial charge in [0.1, 0.15) is 11.4 Å². The van der Waals surface area contributed by atoms with Gasteiger partial charge in [0.25, 0.3) is 6.34 Å². The SMILES string of the molecule is C1=[N+](c2ccccc2)N(c2ccccc2)N(c2ccccc2)N1.[Br-]. The lowest BCUT2D eigenvalue weighted by atomic mass is 10.3. The van der Waals surface area contributed by atoms with E-state index in [9.17, 15) is 0 Å². The highest BCUT2D eigenvalue weighted by molar-refractivity contribution is 5.66. The zero-order chi connectivity index (χ0) is 15.5. The summed E-state index contributed by atoms with van der Waals surface area (Å²) in [5, 5.41) is 4.12. The number of hydrazine groups is 3. The van der Waals surface area contributed by atoms with Gasteiger partial charge in [-0.3, -0.25) is 0 Å². The van der Waals surface area contributed by atoms with Crippen molar-refractivity contribution in [3.8, 4) is 0 Å². The van der Waals surface area contributed by atoms with Crippen molar-refractivity contribution in [2.45, 2.75) is 0 Å². The topological polar surface area (TPSA) is 21.5 Å². The van der Waals surface area contributed by atoms with E-state index in [-0.39, 0.29) is 17.0 Å². The van der Waals surface area contributed by atoms with Crippen molar-refractivity contribution in [1.29, 1.82) is 0 Å². The smallest absolute Gasteiger partial charge is 0.288 e. The minimum absolute atomic E-state index is 0. The molecule has 1 N–H and O–H groups in total. The molecule has 4 nitrogen and oxygen atoms in total. The summed E-state index contributed by atoms with van der Waals surface area (Å²) in [7, 11) is 0. The number of anilines is 2. The molecule has 0 spiro atoms. The Morgan fingerprint density at radius 2 is 1.12 bits per heavy atom. The third-order valence-electron chi connectivity index (χ3n) is 3.70. The lowest BCUT2D eigenvalue weighted by Gasteiger charge is -2.26. The van der Waals surface area contributed by atoms with Crippen LogP contribution < -0.4 is 32.6 Å². The van der Waals surface area contributed by atoms with Crippen LogP contribution in [-0.2, 0) is 0 Å². The highest BCUT2D eigenvalue weighted by Crippen LogP contribution is 2.27. The van der Waals surface area contributed by atoms with Crippen molar-refractivity contribution < 1.29 is 21.7 Å². The summed E-state index contributed by atoms with van der Waals surface area (Å²) < 4.78 is 2.09. The maximum Gasteiger partial charge on any atom is 0.288 e. The van der Waals surface area contributed by atoms with Crippen LogP contribution in [0.5, 0.6) is 0 Å². The molecule has 1 aliphatic rings. The van der Waals surface area contributed by atoms with E-state index in [1.165, 1.54) is 0 Å². The summed E-state index contributed by atoms with van der Waals surface area (Å²) in [6.45, 7) is 0. The number of benzene rings is 3. The second kappa shape index (κ2) is 7.19. The summed E-state index contributed by atoms with van der Waals surface area (Å²) in [6, 6.07) is 30.8. The van der Waals surface area contributed by atoms with Crippen molar-refractivity contribution in [2.24, 2.45) is 0 Å². The van der Waals surface area contributed by atoms with Crippen molar-refractivity contribution in [3.05, 3.63) is 91.0 Å². The standard InChI is InChI=1S/C19H16N4.BrH/c1-4-10-17(11-5-1)21-16-20-22(18-12-6-2-7-13-18)23(21)19-14-8-3-9-15-19;/h1-16H;1H. The van der Waals surface area contributed by atoms with Crippen LogP contribution in [0, 0.1) is 0 Å². The molecule has 0 radical (unpaired) electrons. The van der Waals surface area contributed by atoms with Gasteiger partial charge in [0.05, 0.1) is 0 Å². The van der Waals surface area contributed by atoms with E-state index in [4.69, 9.17) is 0 Å². The summed E-state index contributed by atoms with van der Waals surface area (Å²) >= 11 is 0. The summed E-state index contributed by atoms with van der Waals surface area (Å²) in [5.41, 5.74) is 6.55. The fourth-order valence-corrected chi connectivity index (χ4v) is 2.63. The molecule has 0 unspecified atom stereocenters. The van der Waals surface area contributed by atoms with Gasteiger partial charge in [-0.25, -0.2) is 0 Å². The molecule has 0 amide bonds. The van der Waals surface area contributed by atoms with Gasteiger partial charge >= 0.3 is 0 Å². The molecule has 0 saturated heterocycles. The van der Waals surface area contributed by atoms with Crippen LogP contribution in [0.25, 0.3) is 0 Å². The predicted molar refractivity (Wildman–Crippen MR) is 93.4 cm³/mol. The molecule has 0 bridgehead atoms. The Balaban J connectivity index is 0.00000169. The van der Waals surface area contributed by atoms with Gasteiger partial charge < -0.3 is 17.0 Å². The normalized spacial score (nSPS) is 13.1. The van der Waals surface area contributed by atoms with Crippen LogP contribution in [-0.4, -0.2) is 11.0 Å². The second-order valence-electron chi connectivity index (χ2n) is 5.21. The average molecular weight is 381 g/mol. The number of rotatable bonds is 3. The van der Waals surface area contributed by atoms with E-state index in [0.29, 0.717) is 0 Å². The first-order valence-electron chi connectivity index (χ1n) is 7.57. The molecule has 5 heteroatoms. The molecule has 0 aromatic heterocycles. The monoisotopic (exact) mass is 380 g/mol. The minimum Gasteiger partial charge on any atom is -1.00 e. The Morgan fingerprint density at radius 3 is 1.71 bits per heavy atom. The number of nitrogens with one attached hydrogen (secondary N) is 1. The molecule has 0 saturated carbocycles. The molecule has 0 fully saturated rings. The molecule has 1 aliphatic heterocycles. The van der Waals surface area contributed by atoms with Crippen LogP contribution in [0.4, 0.5) is 17.1 Å². The number of hydrogen-bond donors (Lipinski definition) is 1. The lowest BCUT2D eigenvalue weighted by Crippen LogP contribution is -3.00. The van der Waals surface area contributed by atoms with Crippen molar-refractivity contribution in [3.63, 3.8) is 0 Å². The number of nitrogens with zero attached hydrogens (tertiary/aromatic N) is 3. The summed E-state index contributed by atoms with van der Waals surface area (Å²) in [5.74, 6) is 0. The van der Waals surface area contributed by atoms with Gasteiger partial charge in [-0.2, -0.15) is 5.43 Å². The van der Waals surface area contributed by atoms with Crippen LogP contribution >= 0.6 is 0 Å². The van der Waals surface area contributed by atoms with Gasteiger partial charge in [-0.05, 0) is 36.4 Å². The Hall–Kier alpha value is -2.79. The van der Waals surface area contributed by atoms with Crippen molar-refractivity contribution >= 4 is 23.4 Å². The third kappa shape index (κ3) is 2.98. The molecule has 4 rings (SSSR count). The first kappa shape index (κ1) is 16.1. The molecule has 1 heterocycles. The Kier molecular flexibility index (Phi) is 4.82. The summed E-state index contributed by atoms with van der Waals surface area (Å²) in [4.78, 5) is 0. The van der Waals surface area contributed by atoms with Gasteiger partial charge in [0.15, 0.2) is 5.69 Å². The minimum atomic E-state index is 0. The molecular formula is C19H17BrN4. The molecule has 3 aromatic rings. The summed E-state index contributed by atoms with van der Waals surface area (Å²) in [6.07, 6.45) is 1.95. The maximum absolute atomic E-state index is 3.33. The van der Waals surface area contributed by atoms with Crippen LogP contribution in [0.3, 0.4) is 0 Å². The number of hydrogen-bond acceptors (Lipinski definition) is 3. The van der Waals surface area contributed by atoms with E-state index in [1.807, 2.05) is 66.1 Å². The average Bonchev–Trinajstić information content (AvgIpc) is 3.09. The quantitative estimate of drug-likeness (QED) is 0.676. The fraction of sp³-hybridized carbons (Fsp3) is 0. The van der Waals surface area contributed by atoms with Crippen LogP contribution in [0.2, 0.25) is 0 Å². The third-order valence-corrected chi connectivity index (χ3v) is 3.70. The molecule has 3 aromatic carbocycles. The van der Waals surface area contributed by atoms with E-state index in [1.54, 1.807) is 0 Å². The van der Waals surface area contributed by atoms with Gasteiger partial charge in [-0.1, -0.05) is 64.8 Å². The molecule has 120 valence electrons. The predicted octanol–water partition coefficient (Wildman–Crippen LogP) is 0.724. The van der Waals surface area contributed by atoms with E-state index in [2.05, 4.69) is 51.6 Å². The molecule has 0 aliphatic carbocycles. The second-order valence-corrected chi connectivity index (χ2v) is 5.21. The first-order chi connectivity index (χ1) is 11.4.